The minimum absolute atomic E-state index is 0.529. The van der Waals surface area contributed by atoms with Crippen molar-refractivity contribution < 1.29 is 0 Å². The molecule has 1 saturated heterocycles. The Balaban J connectivity index is 2.21. The van der Waals surface area contributed by atoms with Crippen LogP contribution < -0.4 is 5.32 Å². The van der Waals surface area contributed by atoms with Crippen LogP contribution in [0, 0.1) is 5.92 Å². The molecule has 2 rings (SSSR count). The van der Waals surface area contributed by atoms with E-state index in [1.54, 1.807) is 0 Å². The summed E-state index contributed by atoms with van der Waals surface area (Å²) >= 11 is 3.62. The van der Waals surface area contributed by atoms with Gasteiger partial charge in [0.05, 0.1) is 0 Å². The van der Waals surface area contributed by atoms with Crippen molar-refractivity contribution in [1.82, 2.24) is 10.2 Å². The highest BCUT2D eigenvalue weighted by Crippen LogP contribution is 2.34. The summed E-state index contributed by atoms with van der Waals surface area (Å²) in [6.07, 6.45) is 3.99. The van der Waals surface area contributed by atoms with Crippen molar-refractivity contribution >= 4 is 15.9 Å². The summed E-state index contributed by atoms with van der Waals surface area (Å²) in [7, 11) is 2.28. The maximum atomic E-state index is 3.64. The van der Waals surface area contributed by atoms with Gasteiger partial charge in [-0.15, -0.1) is 0 Å². The molecule has 0 radical (unpaired) electrons. The van der Waals surface area contributed by atoms with Gasteiger partial charge in [0.2, 0.25) is 0 Å². The Labute approximate surface area is 132 Å². The standard InChI is InChI=1S/C17H27BrN2/c1-13(2)19-12-15-7-4-5-10-20(3)17(15)14-8-6-9-16(18)11-14/h6,8-9,11,13,15,17,19H,4-5,7,10,12H2,1-3H3. The van der Waals surface area contributed by atoms with Crippen LogP contribution in [0.25, 0.3) is 0 Å². The third kappa shape index (κ3) is 4.31. The lowest BCUT2D eigenvalue weighted by atomic mass is 9.89. The van der Waals surface area contributed by atoms with Crippen molar-refractivity contribution in [1.29, 1.82) is 0 Å². The third-order valence-corrected chi connectivity index (χ3v) is 4.73. The number of nitrogens with zero attached hydrogens (tertiary/aromatic N) is 1. The van der Waals surface area contributed by atoms with Gasteiger partial charge in [-0.2, -0.15) is 0 Å². The van der Waals surface area contributed by atoms with Gasteiger partial charge in [0.1, 0.15) is 0 Å². The van der Waals surface area contributed by atoms with Crippen molar-refractivity contribution in [3.8, 4) is 0 Å². The summed E-state index contributed by atoms with van der Waals surface area (Å²) in [6.45, 7) is 6.78. The largest absolute Gasteiger partial charge is 0.314 e. The van der Waals surface area contributed by atoms with Gasteiger partial charge in [-0.25, -0.2) is 0 Å². The van der Waals surface area contributed by atoms with Crippen LogP contribution in [-0.2, 0) is 0 Å². The van der Waals surface area contributed by atoms with Gasteiger partial charge in [-0.3, -0.25) is 4.90 Å². The van der Waals surface area contributed by atoms with Gasteiger partial charge >= 0.3 is 0 Å². The summed E-state index contributed by atoms with van der Waals surface area (Å²) in [5.74, 6) is 0.694. The molecule has 0 bridgehead atoms. The molecule has 0 aromatic heterocycles. The predicted octanol–water partition coefficient (Wildman–Crippen LogP) is 4.22. The zero-order chi connectivity index (χ0) is 14.5. The Morgan fingerprint density at radius 2 is 2.15 bits per heavy atom. The zero-order valence-corrected chi connectivity index (χ0v) is 14.5. The Morgan fingerprint density at radius 3 is 2.85 bits per heavy atom. The average molecular weight is 339 g/mol. The van der Waals surface area contributed by atoms with E-state index in [2.05, 4.69) is 71.3 Å². The van der Waals surface area contributed by atoms with Gasteiger partial charge in [0.15, 0.2) is 0 Å². The number of rotatable bonds is 4. The number of hydrogen-bond acceptors (Lipinski definition) is 2. The molecular weight excluding hydrogens is 312 g/mol. The Bertz CT molecular complexity index is 419. The first kappa shape index (κ1) is 16.0. The molecule has 1 fully saturated rings. The highest BCUT2D eigenvalue weighted by atomic mass is 79.9. The molecule has 1 aliphatic heterocycles. The summed E-state index contributed by atoms with van der Waals surface area (Å²) in [6, 6.07) is 9.93. The second kappa shape index (κ2) is 7.58. The van der Waals surface area contributed by atoms with Gasteiger partial charge in [-0.1, -0.05) is 48.3 Å². The van der Waals surface area contributed by atoms with Crippen LogP contribution in [0.3, 0.4) is 0 Å². The molecule has 2 nitrogen and oxygen atoms in total. The van der Waals surface area contributed by atoms with E-state index < -0.39 is 0 Å². The van der Waals surface area contributed by atoms with Crippen molar-refractivity contribution in [2.75, 3.05) is 20.1 Å². The molecule has 1 aromatic rings. The maximum absolute atomic E-state index is 3.64. The second-order valence-corrected chi connectivity index (χ2v) is 7.21. The van der Waals surface area contributed by atoms with Crippen LogP contribution in [0.1, 0.15) is 44.7 Å². The Morgan fingerprint density at radius 1 is 1.35 bits per heavy atom. The number of halogens is 1. The number of benzene rings is 1. The zero-order valence-electron chi connectivity index (χ0n) is 12.9. The first-order valence-electron chi connectivity index (χ1n) is 7.77. The molecule has 0 spiro atoms. The second-order valence-electron chi connectivity index (χ2n) is 6.30. The monoisotopic (exact) mass is 338 g/mol. The molecule has 2 unspecified atom stereocenters. The Hall–Kier alpha value is -0.380. The molecule has 20 heavy (non-hydrogen) atoms. The molecule has 2 atom stereocenters. The summed E-state index contributed by atoms with van der Waals surface area (Å²) in [4.78, 5) is 2.54. The third-order valence-electron chi connectivity index (χ3n) is 4.24. The molecule has 112 valence electrons. The van der Waals surface area contributed by atoms with Crippen molar-refractivity contribution in [2.24, 2.45) is 5.92 Å². The van der Waals surface area contributed by atoms with E-state index in [1.807, 2.05) is 0 Å². The van der Waals surface area contributed by atoms with E-state index in [9.17, 15) is 0 Å². The lowest BCUT2D eigenvalue weighted by Gasteiger charge is -2.33. The summed E-state index contributed by atoms with van der Waals surface area (Å²) in [5.41, 5.74) is 1.44. The molecule has 0 amide bonds. The molecule has 0 saturated carbocycles. The van der Waals surface area contributed by atoms with Crippen molar-refractivity contribution in [3.05, 3.63) is 34.3 Å². The minimum atomic E-state index is 0.529. The minimum Gasteiger partial charge on any atom is -0.314 e. The van der Waals surface area contributed by atoms with Crippen molar-refractivity contribution in [2.45, 2.75) is 45.2 Å². The summed E-state index contributed by atoms with van der Waals surface area (Å²) in [5, 5.41) is 3.64. The molecule has 1 aliphatic rings. The fourth-order valence-corrected chi connectivity index (χ4v) is 3.66. The van der Waals surface area contributed by atoms with Crippen LogP contribution in [0.5, 0.6) is 0 Å². The van der Waals surface area contributed by atoms with Crippen LogP contribution in [-0.4, -0.2) is 31.1 Å². The van der Waals surface area contributed by atoms with Gasteiger partial charge in [0, 0.05) is 23.1 Å². The van der Waals surface area contributed by atoms with Crippen LogP contribution in [0.2, 0.25) is 0 Å². The van der Waals surface area contributed by atoms with Crippen LogP contribution in [0.4, 0.5) is 0 Å². The molecule has 3 heteroatoms. The topological polar surface area (TPSA) is 15.3 Å². The fraction of sp³-hybridized carbons (Fsp3) is 0.647. The predicted molar refractivity (Wildman–Crippen MR) is 90.0 cm³/mol. The highest BCUT2D eigenvalue weighted by Gasteiger charge is 2.28. The van der Waals surface area contributed by atoms with E-state index in [0.717, 1.165) is 6.54 Å². The van der Waals surface area contributed by atoms with Crippen molar-refractivity contribution in [3.63, 3.8) is 0 Å². The van der Waals surface area contributed by atoms with Gasteiger partial charge < -0.3 is 5.32 Å². The Kier molecular flexibility index (Phi) is 6.06. The van der Waals surface area contributed by atoms with E-state index in [-0.39, 0.29) is 0 Å². The lowest BCUT2D eigenvalue weighted by molar-refractivity contribution is 0.187. The van der Waals surface area contributed by atoms with E-state index in [0.29, 0.717) is 18.0 Å². The van der Waals surface area contributed by atoms with Gasteiger partial charge in [0.25, 0.3) is 0 Å². The maximum Gasteiger partial charge on any atom is 0.0385 e. The van der Waals surface area contributed by atoms with E-state index >= 15 is 0 Å². The number of nitrogens with one attached hydrogen (secondary N) is 1. The van der Waals surface area contributed by atoms with Crippen LogP contribution in [0.15, 0.2) is 28.7 Å². The first-order valence-corrected chi connectivity index (χ1v) is 8.56. The fourth-order valence-electron chi connectivity index (χ4n) is 3.24. The number of likely N-dealkylation sites (tertiary alicyclic amines) is 1. The lowest BCUT2D eigenvalue weighted by Crippen LogP contribution is -2.37. The van der Waals surface area contributed by atoms with E-state index in [1.165, 1.54) is 35.8 Å². The SMILES string of the molecule is CC(C)NCC1CCCCN(C)C1c1cccc(Br)c1. The smallest absolute Gasteiger partial charge is 0.0385 e. The molecule has 1 N–H and O–H groups in total. The highest BCUT2D eigenvalue weighted by molar-refractivity contribution is 9.10. The number of hydrogen-bond donors (Lipinski definition) is 1. The van der Waals surface area contributed by atoms with E-state index in [4.69, 9.17) is 0 Å². The summed E-state index contributed by atoms with van der Waals surface area (Å²) < 4.78 is 1.18. The first-order chi connectivity index (χ1) is 9.58. The normalized spacial score (nSPS) is 24.9. The molecule has 1 heterocycles. The van der Waals surface area contributed by atoms with Gasteiger partial charge in [-0.05, 0) is 50.0 Å². The average Bonchev–Trinajstić information content (AvgIpc) is 2.58. The molecular formula is C17H27BrN2. The molecule has 0 aliphatic carbocycles. The quantitative estimate of drug-likeness (QED) is 0.884. The molecule has 1 aromatic carbocycles. The van der Waals surface area contributed by atoms with Crippen LogP contribution >= 0.6 is 15.9 Å².